The van der Waals surface area contributed by atoms with Crippen molar-refractivity contribution in [1.29, 1.82) is 0 Å². The lowest BCUT2D eigenvalue weighted by Gasteiger charge is -2.10. The molecule has 0 amide bonds. The van der Waals surface area contributed by atoms with E-state index in [1.807, 2.05) is 12.1 Å². The van der Waals surface area contributed by atoms with Gasteiger partial charge in [0.1, 0.15) is 17.8 Å². The van der Waals surface area contributed by atoms with Crippen LogP contribution >= 0.6 is 27.5 Å². The van der Waals surface area contributed by atoms with Crippen molar-refractivity contribution in [2.75, 3.05) is 24.2 Å². The number of rotatable bonds is 5. The van der Waals surface area contributed by atoms with Crippen LogP contribution in [0.1, 0.15) is 5.76 Å². The van der Waals surface area contributed by atoms with Crippen LogP contribution in [-0.4, -0.2) is 23.6 Å². The third-order valence-corrected chi connectivity index (χ3v) is 3.06. The van der Waals surface area contributed by atoms with E-state index in [1.54, 1.807) is 7.05 Å². The highest BCUT2D eigenvalue weighted by atomic mass is 79.9. The van der Waals surface area contributed by atoms with Gasteiger partial charge in [-0.3, -0.25) is 0 Å². The molecule has 0 aliphatic heterocycles. The molecule has 0 aliphatic carbocycles. The highest BCUT2D eigenvalue weighted by molar-refractivity contribution is 9.10. The molecule has 0 unspecified atom stereocenters. The van der Waals surface area contributed by atoms with Crippen molar-refractivity contribution in [3.8, 4) is 0 Å². The van der Waals surface area contributed by atoms with Gasteiger partial charge in [-0.25, -0.2) is 9.97 Å². The Morgan fingerprint density at radius 1 is 1.39 bits per heavy atom. The van der Waals surface area contributed by atoms with Crippen molar-refractivity contribution < 1.29 is 4.42 Å². The highest BCUT2D eigenvalue weighted by Crippen LogP contribution is 2.25. The number of furan rings is 1. The third kappa shape index (κ3) is 3.14. The topological polar surface area (TPSA) is 63.0 Å². The molecule has 7 heteroatoms. The van der Waals surface area contributed by atoms with Gasteiger partial charge >= 0.3 is 0 Å². The minimum Gasteiger partial charge on any atom is -0.454 e. The zero-order chi connectivity index (χ0) is 13.0. The molecule has 0 fully saturated rings. The molecule has 0 radical (unpaired) electrons. The molecule has 2 aromatic heterocycles. The Balaban J connectivity index is 1.96. The molecule has 2 N–H and O–H groups in total. The van der Waals surface area contributed by atoms with Gasteiger partial charge in [0.05, 0.1) is 0 Å². The Kier molecular flexibility index (Phi) is 4.43. The van der Waals surface area contributed by atoms with Gasteiger partial charge in [-0.05, 0) is 28.1 Å². The van der Waals surface area contributed by atoms with Gasteiger partial charge in [-0.2, -0.15) is 0 Å². The normalized spacial score (nSPS) is 10.4. The molecular formula is C11H12BrClN4O. The van der Waals surface area contributed by atoms with Crippen LogP contribution in [0.25, 0.3) is 0 Å². The third-order valence-electron chi connectivity index (χ3n) is 2.34. The largest absolute Gasteiger partial charge is 0.454 e. The molecule has 0 aromatic carbocycles. The SMILES string of the molecule is CNc1c(Cl)ncnc1NCCc1ccc(Br)o1. The number of nitrogens with one attached hydrogen (secondary N) is 2. The minimum absolute atomic E-state index is 0.399. The van der Waals surface area contributed by atoms with E-state index in [0.29, 0.717) is 23.2 Å². The average molecular weight is 332 g/mol. The van der Waals surface area contributed by atoms with E-state index in [0.717, 1.165) is 16.9 Å². The quantitative estimate of drug-likeness (QED) is 0.824. The lowest BCUT2D eigenvalue weighted by atomic mass is 10.3. The summed E-state index contributed by atoms with van der Waals surface area (Å²) in [7, 11) is 1.78. The van der Waals surface area contributed by atoms with Crippen molar-refractivity contribution in [1.82, 2.24) is 9.97 Å². The molecule has 0 saturated heterocycles. The zero-order valence-electron chi connectivity index (χ0n) is 9.70. The van der Waals surface area contributed by atoms with Crippen LogP contribution in [-0.2, 0) is 6.42 Å². The summed E-state index contributed by atoms with van der Waals surface area (Å²) in [5.41, 5.74) is 0.694. The first-order chi connectivity index (χ1) is 8.70. The molecule has 0 spiro atoms. The van der Waals surface area contributed by atoms with Crippen LogP contribution in [0.15, 0.2) is 27.5 Å². The fraction of sp³-hybridized carbons (Fsp3) is 0.273. The summed E-state index contributed by atoms with van der Waals surface area (Å²) in [5.74, 6) is 1.59. The maximum atomic E-state index is 5.95. The maximum absolute atomic E-state index is 5.95. The first-order valence-corrected chi connectivity index (χ1v) is 6.54. The zero-order valence-corrected chi connectivity index (χ0v) is 12.0. The number of hydrogen-bond acceptors (Lipinski definition) is 5. The first kappa shape index (κ1) is 13.2. The number of aromatic nitrogens is 2. The fourth-order valence-electron chi connectivity index (χ4n) is 1.51. The van der Waals surface area contributed by atoms with E-state index in [-0.39, 0.29) is 0 Å². The van der Waals surface area contributed by atoms with Crippen LogP contribution < -0.4 is 10.6 Å². The molecule has 2 rings (SSSR count). The summed E-state index contributed by atoms with van der Waals surface area (Å²) in [6.07, 6.45) is 2.19. The lowest BCUT2D eigenvalue weighted by molar-refractivity contribution is 0.491. The van der Waals surface area contributed by atoms with Crippen LogP contribution in [0, 0.1) is 0 Å². The summed E-state index contributed by atoms with van der Waals surface area (Å²) in [4.78, 5) is 8.05. The van der Waals surface area contributed by atoms with Gasteiger partial charge in [0.15, 0.2) is 15.6 Å². The van der Waals surface area contributed by atoms with Gasteiger partial charge in [0.2, 0.25) is 0 Å². The van der Waals surface area contributed by atoms with Gasteiger partial charge in [-0.15, -0.1) is 0 Å². The summed E-state index contributed by atoms with van der Waals surface area (Å²) >= 11 is 9.22. The summed E-state index contributed by atoms with van der Waals surface area (Å²) in [6, 6.07) is 3.80. The number of anilines is 2. The molecule has 18 heavy (non-hydrogen) atoms. The lowest BCUT2D eigenvalue weighted by Crippen LogP contribution is -2.09. The van der Waals surface area contributed by atoms with E-state index in [9.17, 15) is 0 Å². The molecular weight excluding hydrogens is 320 g/mol. The van der Waals surface area contributed by atoms with E-state index in [1.165, 1.54) is 6.33 Å². The van der Waals surface area contributed by atoms with Crippen molar-refractivity contribution in [3.05, 3.63) is 34.0 Å². The van der Waals surface area contributed by atoms with Crippen molar-refractivity contribution in [2.24, 2.45) is 0 Å². The Labute approximate surface area is 118 Å². The molecule has 2 aromatic rings. The second-order valence-electron chi connectivity index (χ2n) is 3.52. The molecule has 0 bridgehead atoms. The van der Waals surface area contributed by atoms with Crippen LogP contribution in [0.5, 0.6) is 0 Å². The van der Waals surface area contributed by atoms with Crippen molar-refractivity contribution in [3.63, 3.8) is 0 Å². The maximum Gasteiger partial charge on any atom is 0.169 e. The van der Waals surface area contributed by atoms with Crippen molar-refractivity contribution >= 4 is 39.0 Å². The van der Waals surface area contributed by atoms with Gasteiger partial charge in [0.25, 0.3) is 0 Å². The van der Waals surface area contributed by atoms with E-state index in [4.69, 9.17) is 16.0 Å². The van der Waals surface area contributed by atoms with E-state index < -0.39 is 0 Å². The molecule has 0 aliphatic rings. The van der Waals surface area contributed by atoms with E-state index in [2.05, 4.69) is 36.5 Å². The first-order valence-electron chi connectivity index (χ1n) is 5.37. The molecule has 5 nitrogen and oxygen atoms in total. The second kappa shape index (κ2) is 6.06. The van der Waals surface area contributed by atoms with Crippen LogP contribution in [0.3, 0.4) is 0 Å². The monoisotopic (exact) mass is 330 g/mol. The Bertz CT molecular complexity index is 532. The fourth-order valence-corrected chi connectivity index (χ4v) is 2.08. The van der Waals surface area contributed by atoms with Crippen LogP contribution in [0.4, 0.5) is 11.5 Å². The number of halogens is 2. The van der Waals surface area contributed by atoms with Gasteiger partial charge in [-0.1, -0.05) is 11.6 Å². The summed E-state index contributed by atoms with van der Waals surface area (Å²) < 4.78 is 6.14. The Morgan fingerprint density at radius 3 is 2.89 bits per heavy atom. The number of nitrogens with zero attached hydrogens (tertiary/aromatic N) is 2. The van der Waals surface area contributed by atoms with Crippen LogP contribution in [0.2, 0.25) is 5.15 Å². The Morgan fingerprint density at radius 2 is 2.22 bits per heavy atom. The van der Waals surface area contributed by atoms with E-state index >= 15 is 0 Å². The molecule has 96 valence electrons. The minimum atomic E-state index is 0.399. The smallest absolute Gasteiger partial charge is 0.169 e. The van der Waals surface area contributed by atoms with Gasteiger partial charge in [0, 0.05) is 20.0 Å². The molecule has 2 heterocycles. The summed E-state index contributed by atoms with van der Waals surface area (Å²) in [6.45, 7) is 0.696. The Hall–Kier alpha value is -1.27. The summed E-state index contributed by atoms with van der Waals surface area (Å²) in [5, 5.41) is 6.55. The number of hydrogen-bond donors (Lipinski definition) is 2. The second-order valence-corrected chi connectivity index (χ2v) is 4.66. The standard InChI is InChI=1S/C11H12BrClN4O/c1-14-9-10(13)16-6-17-11(9)15-5-4-7-2-3-8(12)18-7/h2-3,6,14H,4-5H2,1H3,(H,15,16,17). The predicted molar refractivity (Wildman–Crippen MR) is 75.2 cm³/mol. The van der Waals surface area contributed by atoms with Crippen molar-refractivity contribution in [2.45, 2.75) is 6.42 Å². The average Bonchev–Trinajstić information content (AvgIpc) is 2.75. The molecule has 0 saturated carbocycles. The predicted octanol–water partition coefficient (Wildman–Crippen LogP) is 3.18. The highest BCUT2D eigenvalue weighted by Gasteiger charge is 2.07. The van der Waals surface area contributed by atoms with Gasteiger partial charge < -0.3 is 15.1 Å². The molecule has 0 atom stereocenters.